The van der Waals surface area contributed by atoms with Crippen LogP contribution in [0.15, 0.2) is 54.6 Å². The lowest BCUT2D eigenvalue weighted by Gasteiger charge is -2.53. The molecule has 1 aliphatic carbocycles. The summed E-state index contributed by atoms with van der Waals surface area (Å²) in [4.78, 5) is 88.9. The van der Waals surface area contributed by atoms with Gasteiger partial charge in [-0.05, 0) is 53.9 Å². The fourth-order valence-electron chi connectivity index (χ4n) is 14.4. The third-order valence-electron chi connectivity index (χ3n) is 20.5. The van der Waals surface area contributed by atoms with Gasteiger partial charge >= 0.3 is 0 Å². The first-order valence-corrected chi connectivity index (χ1v) is 34.2. The fourth-order valence-corrected chi connectivity index (χ4v) is 14.4. The van der Waals surface area contributed by atoms with Gasteiger partial charge in [-0.1, -0.05) is 70.2 Å². The monoisotopic (exact) mass is 1440 g/mol. The van der Waals surface area contributed by atoms with E-state index in [1.54, 1.807) is 37.3 Å². The molecule has 2 aromatic carbocycles. The van der Waals surface area contributed by atoms with Crippen molar-refractivity contribution in [2.75, 3.05) is 46.1 Å². The van der Waals surface area contributed by atoms with Crippen LogP contribution in [0.25, 0.3) is 0 Å². The summed E-state index contributed by atoms with van der Waals surface area (Å²) in [6.07, 6.45) is -26.6. The van der Waals surface area contributed by atoms with Crippen molar-refractivity contribution in [2.24, 2.45) is 11.3 Å². The quantitative estimate of drug-likeness (QED) is 0.0699. The minimum Gasteiger partial charge on any atom is -0.462 e. The maximum Gasteiger partial charge on any atom is 0.246 e. The van der Waals surface area contributed by atoms with Crippen LogP contribution >= 0.6 is 0 Å². The number of hydrogen-bond donors (Lipinski definition) is 23. The van der Waals surface area contributed by atoms with Crippen LogP contribution in [0, 0.1) is 22.2 Å². The average Bonchev–Trinajstić information content (AvgIpc) is 0.934. The highest BCUT2D eigenvalue weighted by atomic mass is 16.8. The van der Waals surface area contributed by atoms with Gasteiger partial charge in [0.2, 0.25) is 41.7 Å². The molecular formula is C65H96N12O25. The summed E-state index contributed by atoms with van der Waals surface area (Å²) >= 11 is 0. The number of hydrogen-bond acceptors (Lipinski definition) is 27. The number of nitrogens with zero attached hydrogens (tertiary/aromatic N) is 1. The van der Waals surface area contributed by atoms with Gasteiger partial charge in [-0.25, -0.2) is 0 Å². The van der Waals surface area contributed by atoms with E-state index in [2.05, 4.69) is 68.6 Å². The van der Waals surface area contributed by atoms with Crippen molar-refractivity contribution < 1.29 is 123 Å². The van der Waals surface area contributed by atoms with E-state index in [0.29, 0.717) is 24.3 Å². The number of guanidine groups is 2. The van der Waals surface area contributed by atoms with Crippen LogP contribution in [-0.2, 0) is 63.6 Å². The van der Waals surface area contributed by atoms with E-state index in [9.17, 15) is 75.7 Å². The second kappa shape index (κ2) is 32.9. The van der Waals surface area contributed by atoms with Crippen molar-refractivity contribution in [3.8, 4) is 5.75 Å². The SMILES string of the molecule is CCC(c1ccccc1)C1NC(=O)CNC(=O)C(CO)NC(=O)C(C(O)C2CNC(=N)N2C2OC(CO)C(O)C(O)C2O)NC(=O)C(C(O)C2CNC(=N)N2)NC(=O)C(Cc2ccc(OC3OC(CO)C(OC4OC5COC6(CCC(C(C)(C)C)CC6)OC5C(O)C4O)C(O)C3O)cc2)NC1=O. The van der Waals surface area contributed by atoms with Gasteiger partial charge in [0.15, 0.2) is 30.2 Å². The molecule has 6 amide bonds. The van der Waals surface area contributed by atoms with Crippen LogP contribution in [0.5, 0.6) is 5.75 Å². The Morgan fingerprint density at radius 3 is 1.90 bits per heavy atom. The molecule has 8 fully saturated rings. The fraction of sp³-hybridized carbons (Fsp3) is 0.692. The molecule has 102 heavy (non-hydrogen) atoms. The van der Waals surface area contributed by atoms with E-state index < -0.39 is 239 Å². The zero-order valence-corrected chi connectivity index (χ0v) is 56.5. The zero-order chi connectivity index (χ0) is 73.8. The molecule has 37 nitrogen and oxygen atoms in total. The molecule has 8 aliphatic rings. The molecule has 0 bridgehead atoms. The molecule has 7 saturated heterocycles. The first kappa shape index (κ1) is 77.5. The van der Waals surface area contributed by atoms with Gasteiger partial charge in [-0.15, -0.1) is 0 Å². The van der Waals surface area contributed by atoms with Crippen molar-refractivity contribution in [3.63, 3.8) is 0 Å². The van der Waals surface area contributed by atoms with Gasteiger partial charge < -0.3 is 147 Å². The number of aliphatic hydroxyl groups excluding tert-OH is 12. The molecule has 37 heteroatoms. The summed E-state index contributed by atoms with van der Waals surface area (Å²) < 4.78 is 42.3. The van der Waals surface area contributed by atoms with E-state index >= 15 is 14.4 Å². The Balaban J connectivity index is 0.905. The molecule has 566 valence electrons. The van der Waals surface area contributed by atoms with Gasteiger partial charge in [0.05, 0.1) is 45.1 Å². The maximum absolute atomic E-state index is 15.3. The predicted molar refractivity (Wildman–Crippen MR) is 348 cm³/mol. The highest BCUT2D eigenvalue weighted by Gasteiger charge is 2.58. The molecule has 7 aliphatic heterocycles. The Bertz CT molecular complexity index is 3260. The third kappa shape index (κ3) is 17.0. The Morgan fingerprint density at radius 2 is 1.26 bits per heavy atom. The van der Waals surface area contributed by atoms with E-state index in [4.69, 9.17) is 44.0 Å². The largest absolute Gasteiger partial charge is 0.462 e. The van der Waals surface area contributed by atoms with Gasteiger partial charge in [0, 0.05) is 38.3 Å². The highest BCUT2D eigenvalue weighted by molar-refractivity contribution is 5.98. The average molecular weight is 1450 g/mol. The number of amides is 6. The molecule has 25 atom stereocenters. The number of carbonyl (C=O) groups excluding carboxylic acids is 6. The Hall–Kier alpha value is -7.12. The Morgan fingerprint density at radius 1 is 0.627 bits per heavy atom. The second-order valence-corrected chi connectivity index (χ2v) is 28.1. The van der Waals surface area contributed by atoms with Gasteiger partial charge in [-0.3, -0.25) is 39.6 Å². The van der Waals surface area contributed by atoms with Crippen LogP contribution in [0.4, 0.5) is 0 Å². The minimum atomic E-state index is -2.35. The van der Waals surface area contributed by atoms with Crippen molar-refractivity contribution >= 4 is 47.4 Å². The number of nitrogens with one attached hydrogen (secondary N) is 11. The minimum absolute atomic E-state index is 0.0208. The molecular weight excluding hydrogens is 1350 g/mol. The van der Waals surface area contributed by atoms with Crippen molar-refractivity contribution in [1.29, 1.82) is 10.8 Å². The van der Waals surface area contributed by atoms with Crippen molar-refractivity contribution in [3.05, 3.63) is 65.7 Å². The number of benzene rings is 2. The Labute approximate surface area is 585 Å². The summed E-state index contributed by atoms with van der Waals surface area (Å²) in [7, 11) is 0. The second-order valence-electron chi connectivity index (χ2n) is 28.1. The lowest BCUT2D eigenvalue weighted by Crippen LogP contribution is -2.69. The van der Waals surface area contributed by atoms with E-state index in [1.807, 2.05) is 0 Å². The maximum atomic E-state index is 15.3. The number of carbonyl (C=O) groups is 6. The molecule has 0 radical (unpaired) electrons. The predicted octanol–water partition coefficient (Wildman–Crippen LogP) is -8.81. The van der Waals surface area contributed by atoms with Crippen LogP contribution in [0.2, 0.25) is 0 Å². The molecule has 1 saturated carbocycles. The van der Waals surface area contributed by atoms with Crippen molar-refractivity contribution in [1.82, 2.24) is 52.8 Å². The summed E-state index contributed by atoms with van der Waals surface area (Å²) in [6.45, 7) is 3.69. The number of aliphatic hydroxyl groups is 12. The van der Waals surface area contributed by atoms with E-state index in [1.165, 1.54) is 24.3 Å². The standard InChI is InChI=1S/C65H96N12O25/c1-5-31(28-9-7-6-8-10-28)40-56(93)71-32(19-27-11-13-30(14-12-27)97-60-50(89)47(86)52(37(25-80)99-60)101-61-51(90)48(87)53-38(100-61)26-96-65(102-53)17-15-29(16-18-65)64(2,3)4)55(92)75-41(43(82)33-20-69-62(66)73-33)58(95)76-42(57(94)72-34(23-78)54(91)68-22-39(81)74-40)44(83)35-21-70-63(67)77(35)59-49(88)46(85)45(84)36(24-79)98-59/h6-14,29,31-38,40-53,59-61,78-80,82-90H,5,15-26H2,1-4H3,(H2,67,70)(H,68,91)(H,71,93)(H,72,94)(H,74,81)(H,75,92)(H,76,95)(H3,66,69,73). The van der Waals surface area contributed by atoms with Crippen LogP contribution in [0.1, 0.15) is 76.8 Å². The number of ether oxygens (including phenoxy) is 7. The number of rotatable bonds is 17. The molecule has 23 N–H and O–H groups in total. The van der Waals surface area contributed by atoms with Crippen molar-refractivity contribution in [2.45, 2.75) is 224 Å². The molecule has 2 aromatic rings. The molecule has 7 heterocycles. The lowest BCUT2D eigenvalue weighted by atomic mass is 9.70. The first-order valence-electron chi connectivity index (χ1n) is 34.2. The summed E-state index contributed by atoms with van der Waals surface area (Å²) in [5.74, 6) is -9.63. The normalized spacial score (nSPS) is 38.6. The van der Waals surface area contributed by atoms with Crippen LogP contribution < -0.4 is 52.6 Å². The lowest BCUT2D eigenvalue weighted by molar-refractivity contribution is -0.408. The third-order valence-corrected chi connectivity index (χ3v) is 20.5. The smallest absolute Gasteiger partial charge is 0.246 e. The van der Waals surface area contributed by atoms with Gasteiger partial charge in [0.1, 0.15) is 121 Å². The zero-order valence-electron chi connectivity index (χ0n) is 56.5. The summed E-state index contributed by atoms with van der Waals surface area (Å²) in [5.41, 5.74) is 0.848. The summed E-state index contributed by atoms with van der Waals surface area (Å²) in [6, 6.07) is 1.16. The van der Waals surface area contributed by atoms with Crippen LogP contribution in [-0.4, -0.2) is 312 Å². The van der Waals surface area contributed by atoms with E-state index in [-0.39, 0.29) is 42.3 Å². The molecule has 10 rings (SSSR count). The van der Waals surface area contributed by atoms with E-state index in [0.717, 1.165) is 17.7 Å². The molecule has 0 aromatic heterocycles. The highest BCUT2D eigenvalue weighted by Crippen LogP contribution is 2.47. The Kier molecular flexibility index (Phi) is 25.0. The van der Waals surface area contributed by atoms with Gasteiger partial charge in [0.25, 0.3) is 0 Å². The topological polar surface area (TPSA) is 569 Å². The van der Waals surface area contributed by atoms with Crippen LogP contribution in [0.3, 0.4) is 0 Å². The van der Waals surface area contributed by atoms with Gasteiger partial charge in [-0.2, -0.15) is 0 Å². The molecule has 1 spiro atoms. The molecule has 25 unspecified atom stereocenters. The summed E-state index contributed by atoms with van der Waals surface area (Å²) in [5, 5.41) is 173. The number of fused-ring (bicyclic) bond motifs is 1. The first-order chi connectivity index (χ1) is 48.5.